The summed E-state index contributed by atoms with van der Waals surface area (Å²) in [6.07, 6.45) is -5.40. The fourth-order valence-corrected chi connectivity index (χ4v) is 8.28. The van der Waals surface area contributed by atoms with Crippen LogP contribution < -0.4 is 11.1 Å². The minimum Gasteiger partial charge on any atom is -0.447 e. The van der Waals surface area contributed by atoms with E-state index in [4.69, 9.17) is 27.1 Å². The summed E-state index contributed by atoms with van der Waals surface area (Å²) in [6.45, 7) is 6.27. The molecule has 6 rings (SSSR count). The molecule has 3 aliphatic rings. The van der Waals surface area contributed by atoms with Gasteiger partial charge in [-0.25, -0.2) is 41.0 Å². The number of guanidine groups is 1. The third-order valence-corrected chi connectivity index (χ3v) is 12.0. The normalized spacial score (nSPS) is 22.7. The quantitative estimate of drug-likeness (QED) is 0.185. The molecule has 12 nitrogen and oxygen atoms in total. The number of benzene rings is 2. The van der Waals surface area contributed by atoms with Crippen LogP contribution in [0.15, 0.2) is 76.7 Å². The first-order valence-corrected chi connectivity index (χ1v) is 20.2. The lowest BCUT2D eigenvalue weighted by Gasteiger charge is -2.45. The first-order valence-electron chi connectivity index (χ1n) is 17.9. The molecular weight excluding hydrogens is 816 g/mol. The summed E-state index contributed by atoms with van der Waals surface area (Å²) in [4.78, 5) is 37.5. The maximum atomic E-state index is 16.4. The highest BCUT2D eigenvalue weighted by atomic mass is 35.5. The van der Waals surface area contributed by atoms with Gasteiger partial charge in [0.25, 0.3) is 12.3 Å². The molecule has 2 aromatic carbocycles. The molecule has 3 N–H and O–H groups in total. The average Bonchev–Trinajstić information content (AvgIpc) is 3.65. The van der Waals surface area contributed by atoms with E-state index in [1.807, 2.05) is 26.1 Å². The fourth-order valence-electron chi connectivity index (χ4n) is 7.42. The molecule has 0 saturated heterocycles. The van der Waals surface area contributed by atoms with Gasteiger partial charge in [-0.1, -0.05) is 63.6 Å². The number of carbonyl (C=O) groups excluding carboxylic acids is 2. The van der Waals surface area contributed by atoms with Gasteiger partial charge in [-0.15, -0.1) is 0 Å². The van der Waals surface area contributed by atoms with Gasteiger partial charge in [-0.05, 0) is 72.6 Å². The van der Waals surface area contributed by atoms with E-state index in [-0.39, 0.29) is 58.0 Å². The van der Waals surface area contributed by atoms with Gasteiger partial charge in [-0.3, -0.25) is 9.69 Å². The van der Waals surface area contributed by atoms with Crippen LogP contribution in [0.3, 0.4) is 0 Å². The van der Waals surface area contributed by atoms with Crippen LogP contribution in [-0.2, 0) is 19.4 Å². The first-order chi connectivity index (χ1) is 26.8. The van der Waals surface area contributed by atoms with Gasteiger partial charge in [0.1, 0.15) is 24.3 Å². The molecule has 0 spiro atoms. The summed E-state index contributed by atoms with van der Waals surface area (Å²) in [5.41, 5.74) is 0.456. The van der Waals surface area contributed by atoms with Crippen molar-refractivity contribution in [2.75, 3.05) is 12.9 Å². The molecule has 0 bridgehead atoms. The number of alkyl carbamates (subject to hydrolysis) is 1. The van der Waals surface area contributed by atoms with Crippen molar-refractivity contribution in [2.24, 2.45) is 21.6 Å². The van der Waals surface area contributed by atoms with Crippen LogP contribution in [0.2, 0.25) is 5.02 Å². The van der Waals surface area contributed by atoms with Gasteiger partial charge in [-0.2, -0.15) is 18.3 Å². The van der Waals surface area contributed by atoms with Crippen molar-refractivity contribution >= 4 is 45.0 Å². The van der Waals surface area contributed by atoms with Crippen LogP contribution >= 0.6 is 11.6 Å². The number of aliphatic imine (C=N–C) groups is 1. The average molecular weight is 856 g/mol. The zero-order valence-corrected chi connectivity index (χ0v) is 33.4. The number of aromatic nitrogens is 3. The number of hydrogen-bond acceptors (Lipinski definition) is 9. The standard InChI is InChI=1S/C38H40ClF6N7O5S/c1-34(2,3)19-37(35(4)12-11-24(26(40)17-35)21-7-6-8-23(15-21)58(5,55)56)31(53)51(32(46)49-37)28(18-57-33(54)50-36(13-14-36)38(43,44)45)22-9-10-25(39)27(16-22)52-30(29(41)42)47-20-48-52/h6-11,15-17,20,28-29H,12-14,18-19H2,1-5H3,(H2,46,49)(H,50,54)/t28-,35?,37+/m1/s1. The lowest BCUT2D eigenvalue weighted by atomic mass is 9.61. The summed E-state index contributed by atoms with van der Waals surface area (Å²) < 4.78 is 116. The molecule has 1 unspecified atom stereocenters. The Balaban J connectivity index is 1.42. The van der Waals surface area contributed by atoms with Crippen molar-refractivity contribution < 1.29 is 49.1 Å². The molecule has 312 valence electrons. The van der Waals surface area contributed by atoms with Gasteiger partial charge in [0.05, 0.1) is 21.6 Å². The van der Waals surface area contributed by atoms with Crippen molar-refractivity contribution in [1.29, 1.82) is 0 Å². The molecule has 1 saturated carbocycles. The van der Waals surface area contributed by atoms with E-state index < -0.39 is 86.6 Å². The molecule has 2 heterocycles. The van der Waals surface area contributed by atoms with Crippen molar-refractivity contribution in [2.45, 2.75) is 88.0 Å². The molecule has 3 aromatic rings. The molecule has 3 atom stereocenters. The van der Waals surface area contributed by atoms with E-state index in [1.54, 1.807) is 13.0 Å². The number of amides is 2. The number of allylic oxidation sites excluding steroid dienone is 3. The minimum atomic E-state index is -4.77. The number of nitrogens with two attached hydrogens (primary N) is 1. The Morgan fingerprint density at radius 2 is 1.81 bits per heavy atom. The van der Waals surface area contributed by atoms with E-state index in [1.165, 1.54) is 48.6 Å². The number of carbonyl (C=O) groups is 2. The van der Waals surface area contributed by atoms with Crippen LogP contribution in [0.4, 0.5) is 31.1 Å². The molecule has 1 fully saturated rings. The third kappa shape index (κ3) is 7.94. The highest BCUT2D eigenvalue weighted by Gasteiger charge is 2.65. The number of halogens is 7. The highest BCUT2D eigenvalue weighted by Crippen LogP contribution is 2.54. The minimum absolute atomic E-state index is 0.00217. The van der Waals surface area contributed by atoms with E-state index in [2.05, 4.69) is 10.1 Å². The summed E-state index contributed by atoms with van der Waals surface area (Å²) in [5.74, 6) is -2.73. The smallest absolute Gasteiger partial charge is 0.411 e. The Bertz CT molecular complexity index is 2360. The fraction of sp³-hybridized carbons (Fsp3) is 0.447. The van der Waals surface area contributed by atoms with Gasteiger partial charge >= 0.3 is 12.3 Å². The number of ether oxygens (including phenoxy) is 1. The van der Waals surface area contributed by atoms with Crippen LogP contribution in [0.25, 0.3) is 11.3 Å². The Labute approximate surface area is 335 Å². The lowest BCUT2D eigenvalue weighted by molar-refractivity contribution is -0.164. The van der Waals surface area contributed by atoms with Crippen LogP contribution in [-0.4, -0.2) is 76.2 Å². The van der Waals surface area contributed by atoms with Crippen LogP contribution in [0.1, 0.15) is 82.8 Å². The molecule has 0 radical (unpaired) electrons. The summed E-state index contributed by atoms with van der Waals surface area (Å²) in [6, 6.07) is 8.22. The van der Waals surface area contributed by atoms with E-state index >= 15 is 9.18 Å². The lowest BCUT2D eigenvalue weighted by Crippen LogP contribution is -2.56. The van der Waals surface area contributed by atoms with Gasteiger partial charge < -0.3 is 15.8 Å². The third-order valence-electron chi connectivity index (χ3n) is 10.5. The molecule has 58 heavy (non-hydrogen) atoms. The molecule has 1 aliphatic heterocycles. The van der Waals surface area contributed by atoms with E-state index in [0.717, 1.165) is 22.2 Å². The predicted octanol–water partition coefficient (Wildman–Crippen LogP) is 7.80. The zero-order chi connectivity index (χ0) is 42.8. The van der Waals surface area contributed by atoms with Crippen molar-refractivity contribution in [1.82, 2.24) is 25.0 Å². The Morgan fingerprint density at radius 1 is 1.12 bits per heavy atom. The van der Waals surface area contributed by atoms with Crippen LogP contribution in [0.5, 0.6) is 0 Å². The summed E-state index contributed by atoms with van der Waals surface area (Å²) in [5, 5.41) is 5.64. The second-order valence-electron chi connectivity index (χ2n) is 16.1. The number of nitrogens with zero attached hydrogens (tertiary/aromatic N) is 5. The number of hydrogen-bond donors (Lipinski definition) is 2. The maximum absolute atomic E-state index is 16.4. The van der Waals surface area contributed by atoms with Gasteiger partial charge in [0.2, 0.25) is 0 Å². The van der Waals surface area contributed by atoms with Gasteiger partial charge in [0.15, 0.2) is 27.2 Å². The molecule has 1 aromatic heterocycles. The first kappa shape index (κ1) is 42.7. The Morgan fingerprint density at radius 3 is 2.40 bits per heavy atom. The van der Waals surface area contributed by atoms with E-state index in [0.29, 0.717) is 0 Å². The van der Waals surface area contributed by atoms with Crippen LogP contribution in [0, 0.1) is 10.8 Å². The van der Waals surface area contributed by atoms with E-state index in [9.17, 15) is 35.2 Å². The topological polar surface area (TPSA) is 162 Å². The largest absolute Gasteiger partial charge is 0.447 e. The Hall–Kier alpha value is -4.91. The second kappa shape index (κ2) is 14.7. The predicted molar refractivity (Wildman–Crippen MR) is 201 cm³/mol. The molecule has 2 amide bonds. The summed E-state index contributed by atoms with van der Waals surface area (Å²) >= 11 is 6.43. The van der Waals surface area contributed by atoms with Crippen molar-refractivity contribution in [3.8, 4) is 5.69 Å². The number of nitrogens with one attached hydrogen (secondary N) is 1. The number of rotatable bonds is 11. The monoisotopic (exact) mass is 855 g/mol. The van der Waals surface area contributed by atoms with Crippen molar-refractivity contribution in [3.63, 3.8) is 0 Å². The SMILES string of the molecule is CC(C)(C)C[C@]1(C2(C)C=C(F)C(c3cccc(S(C)(=O)=O)c3)=CC2)N=C(N)N([C@H](COC(=O)NC2(C(F)(F)F)CC2)c2ccc(Cl)c(-n3ncnc3C(F)F)c2)C1=O. The Kier molecular flexibility index (Phi) is 10.8. The van der Waals surface area contributed by atoms with Gasteiger partial charge in [0, 0.05) is 17.2 Å². The zero-order valence-electron chi connectivity index (χ0n) is 31.9. The summed E-state index contributed by atoms with van der Waals surface area (Å²) in [7, 11) is -3.63. The second-order valence-corrected chi connectivity index (χ2v) is 18.6. The highest BCUT2D eigenvalue weighted by molar-refractivity contribution is 7.90. The molecular formula is C38H40ClF6N7O5S. The van der Waals surface area contributed by atoms with Crippen molar-refractivity contribution in [3.05, 3.63) is 88.7 Å². The maximum Gasteiger partial charge on any atom is 0.411 e. The number of sulfone groups is 1. The molecule has 20 heteroatoms. The molecule has 2 aliphatic carbocycles. The number of alkyl halides is 5.